The second-order valence-corrected chi connectivity index (χ2v) is 5.65. The number of hydrogen-bond acceptors (Lipinski definition) is 2. The van der Waals surface area contributed by atoms with E-state index in [1.54, 1.807) is 11.3 Å². The summed E-state index contributed by atoms with van der Waals surface area (Å²) in [6.45, 7) is 4.54. The number of hydrogen-bond donors (Lipinski definition) is 1. The van der Waals surface area contributed by atoms with Gasteiger partial charge in [-0.15, -0.1) is 11.3 Å². The van der Waals surface area contributed by atoms with E-state index in [0.29, 0.717) is 5.92 Å². The molecule has 3 atom stereocenters. The van der Waals surface area contributed by atoms with Gasteiger partial charge in [-0.05, 0) is 42.5 Å². The molecule has 1 fully saturated rings. The first-order chi connectivity index (χ1) is 6.62. The predicted molar refractivity (Wildman–Crippen MR) is 60.4 cm³/mol. The predicted octanol–water partition coefficient (Wildman–Crippen LogP) is 3.39. The van der Waals surface area contributed by atoms with E-state index in [-0.39, 0.29) is 0 Å². The molecule has 0 aromatic carbocycles. The van der Waals surface area contributed by atoms with Gasteiger partial charge in [-0.2, -0.15) is 0 Å². The van der Waals surface area contributed by atoms with Crippen LogP contribution in [0.25, 0.3) is 0 Å². The fraction of sp³-hybridized carbons (Fsp3) is 0.667. The smallest absolute Gasteiger partial charge is 0.0990 e. The highest BCUT2D eigenvalue weighted by atomic mass is 32.1. The Hall–Kier alpha value is -0.340. The van der Waals surface area contributed by atoms with Gasteiger partial charge in [-0.25, -0.2) is 0 Å². The van der Waals surface area contributed by atoms with E-state index >= 15 is 0 Å². The SMILES string of the molecule is CC1CCC(O)(c2cccs2)CC1C. The van der Waals surface area contributed by atoms with Gasteiger partial charge >= 0.3 is 0 Å². The van der Waals surface area contributed by atoms with Crippen LogP contribution in [0.2, 0.25) is 0 Å². The normalized spacial score (nSPS) is 38.5. The van der Waals surface area contributed by atoms with Gasteiger partial charge in [0.05, 0.1) is 5.60 Å². The van der Waals surface area contributed by atoms with E-state index in [0.717, 1.165) is 30.1 Å². The fourth-order valence-corrected chi connectivity index (χ4v) is 3.22. The molecule has 2 heteroatoms. The summed E-state index contributed by atoms with van der Waals surface area (Å²) in [5.74, 6) is 1.39. The van der Waals surface area contributed by atoms with Crippen LogP contribution in [0.4, 0.5) is 0 Å². The molecule has 78 valence electrons. The molecule has 0 saturated heterocycles. The van der Waals surface area contributed by atoms with Crippen LogP contribution in [0.15, 0.2) is 17.5 Å². The quantitative estimate of drug-likeness (QED) is 0.753. The van der Waals surface area contributed by atoms with Crippen LogP contribution in [-0.4, -0.2) is 5.11 Å². The maximum atomic E-state index is 10.5. The lowest BCUT2D eigenvalue weighted by Gasteiger charge is -2.38. The molecule has 0 bridgehead atoms. The van der Waals surface area contributed by atoms with Crippen LogP contribution in [0, 0.1) is 11.8 Å². The van der Waals surface area contributed by atoms with Crippen LogP contribution in [0.5, 0.6) is 0 Å². The van der Waals surface area contributed by atoms with Crippen molar-refractivity contribution in [3.8, 4) is 0 Å². The first kappa shape index (κ1) is 10.2. The Balaban J connectivity index is 2.18. The Morgan fingerprint density at radius 3 is 2.79 bits per heavy atom. The number of rotatable bonds is 1. The molecular weight excluding hydrogens is 192 g/mol. The van der Waals surface area contributed by atoms with Gasteiger partial charge in [0, 0.05) is 4.88 Å². The van der Waals surface area contributed by atoms with Gasteiger partial charge in [-0.3, -0.25) is 0 Å². The molecule has 1 saturated carbocycles. The Bertz CT molecular complexity index is 293. The van der Waals surface area contributed by atoms with E-state index in [4.69, 9.17) is 0 Å². The van der Waals surface area contributed by atoms with Crippen molar-refractivity contribution in [1.82, 2.24) is 0 Å². The summed E-state index contributed by atoms with van der Waals surface area (Å²) >= 11 is 1.68. The standard InChI is InChI=1S/C12H18OS/c1-9-5-6-12(13,8-10(9)2)11-4-3-7-14-11/h3-4,7,9-10,13H,5-6,8H2,1-2H3. The van der Waals surface area contributed by atoms with Gasteiger partial charge in [-0.1, -0.05) is 19.9 Å². The largest absolute Gasteiger partial charge is 0.384 e. The minimum atomic E-state index is -0.528. The third-order valence-electron chi connectivity index (χ3n) is 3.62. The first-order valence-corrected chi connectivity index (χ1v) is 6.26. The minimum absolute atomic E-state index is 0.528. The molecule has 0 amide bonds. The summed E-state index contributed by atoms with van der Waals surface area (Å²) in [6, 6.07) is 4.09. The minimum Gasteiger partial charge on any atom is -0.384 e. The molecule has 1 aliphatic rings. The van der Waals surface area contributed by atoms with Crippen molar-refractivity contribution < 1.29 is 5.11 Å². The third kappa shape index (κ3) is 1.73. The van der Waals surface area contributed by atoms with E-state index in [1.165, 1.54) is 0 Å². The van der Waals surface area contributed by atoms with Crippen LogP contribution < -0.4 is 0 Å². The zero-order valence-corrected chi connectivity index (χ0v) is 9.68. The van der Waals surface area contributed by atoms with E-state index < -0.39 is 5.60 Å². The second-order valence-electron chi connectivity index (χ2n) is 4.71. The van der Waals surface area contributed by atoms with Crippen molar-refractivity contribution in [2.24, 2.45) is 11.8 Å². The zero-order valence-electron chi connectivity index (χ0n) is 8.86. The van der Waals surface area contributed by atoms with E-state index in [2.05, 4.69) is 25.3 Å². The summed E-state index contributed by atoms with van der Waals surface area (Å²) in [4.78, 5) is 1.15. The molecule has 0 radical (unpaired) electrons. The molecule has 0 spiro atoms. The molecule has 0 aliphatic heterocycles. The lowest BCUT2D eigenvalue weighted by molar-refractivity contribution is -0.0305. The van der Waals surface area contributed by atoms with Gasteiger partial charge in [0.15, 0.2) is 0 Å². The summed E-state index contributed by atoms with van der Waals surface area (Å²) in [5.41, 5.74) is -0.528. The lowest BCUT2D eigenvalue weighted by Crippen LogP contribution is -2.34. The van der Waals surface area contributed by atoms with Gasteiger partial charge in [0.1, 0.15) is 0 Å². The molecule has 1 aliphatic carbocycles. The monoisotopic (exact) mass is 210 g/mol. The Morgan fingerprint density at radius 2 is 2.21 bits per heavy atom. The number of thiophene rings is 1. The maximum Gasteiger partial charge on any atom is 0.0990 e. The highest BCUT2D eigenvalue weighted by molar-refractivity contribution is 7.10. The van der Waals surface area contributed by atoms with Crippen LogP contribution in [0.3, 0.4) is 0 Å². The lowest BCUT2D eigenvalue weighted by atomic mass is 9.72. The van der Waals surface area contributed by atoms with Crippen molar-refractivity contribution in [2.75, 3.05) is 0 Å². The zero-order chi connectivity index (χ0) is 10.2. The van der Waals surface area contributed by atoms with E-state index in [1.807, 2.05) is 6.07 Å². The van der Waals surface area contributed by atoms with Crippen LogP contribution in [-0.2, 0) is 5.60 Å². The highest BCUT2D eigenvalue weighted by Crippen LogP contribution is 2.43. The molecule has 1 N–H and O–H groups in total. The molecule has 1 nitrogen and oxygen atoms in total. The van der Waals surface area contributed by atoms with Crippen LogP contribution in [0.1, 0.15) is 38.0 Å². The molecular formula is C12H18OS. The average Bonchev–Trinajstić information content (AvgIpc) is 2.65. The van der Waals surface area contributed by atoms with Gasteiger partial charge in [0.2, 0.25) is 0 Å². The van der Waals surface area contributed by atoms with Crippen molar-refractivity contribution in [3.63, 3.8) is 0 Å². The Labute approximate surface area is 89.8 Å². The van der Waals surface area contributed by atoms with Crippen molar-refractivity contribution >= 4 is 11.3 Å². The highest BCUT2D eigenvalue weighted by Gasteiger charge is 2.37. The Morgan fingerprint density at radius 1 is 1.43 bits per heavy atom. The van der Waals surface area contributed by atoms with Gasteiger partial charge < -0.3 is 5.11 Å². The van der Waals surface area contributed by atoms with Crippen LogP contribution >= 0.6 is 11.3 Å². The van der Waals surface area contributed by atoms with Crippen molar-refractivity contribution in [2.45, 2.75) is 38.7 Å². The topological polar surface area (TPSA) is 20.2 Å². The summed E-state index contributed by atoms with van der Waals surface area (Å²) in [5, 5.41) is 12.6. The van der Waals surface area contributed by atoms with Gasteiger partial charge in [0.25, 0.3) is 0 Å². The van der Waals surface area contributed by atoms with E-state index in [9.17, 15) is 5.11 Å². The molecule has 14 heavy (non-hydrogen) atoms. The summed E-state index contributed by atoms with van der Waals surface area (Å²) in [7, 11) is 0. The molecule has 1 aromatic rings. The first-order valence-electron chi connectivity index (χ1n) is 5.38. The molecule has 2 rings (SSSR count). The molecule has 1 heterocycles. The number of aliphatic hydroxyl groups is 1. The average molecular weight is 210 g/mol. The third-order valence-corrected chi connectivity index (χ3v) is 4.69. The summed E-state index contributed by atoms with van der Waals surface area (Å²) < 4.78 is 0. The maximum absolute atomic E-state index is 10.5. The van der Waals surface area contributed by atoms with Crippen molar-refractivity contribution in [1.29, 1.82) is 0 Å². The molecule has 3 unspecified atom stereocenters. The second kappa shape index (κ2) is 3.67. The molecule has 1 aromatic heterocycles. The fourth-order valence-electron chi connectivity index (χ4n) is 2.35. The summed E-state index contributed by atoms with van der Waals surface area (Å²) in [6.07, 6.45) is 3.00. The van der Waals surface area contributed by atoms with Crippen molar-refractivity contribution in [3.05, 3.63) is 22.4 Å². The Kier molecular flexibility index (Phi) is 2.67.